The minimum Gasteiger partial charge on any atom is -0.374 e. The molecule has 1 aliphatic rings. The second-order valence-electron chi connectivity index (χ2n) is 4.09. The fourth-order valence-corrected chi connectivity index (χ4v) is 2.34. The van der Waals surface area contributed by atoms with Crippen LogP contribution in [0.25, 0.3) is 0 Å². The van der Waals surface area contributed by atoms with Gasteiger partial charge in [0.2, 0.25) is 0 Å². The molecular weight excluding hydrogens is 282 g/mol. The van der Waals surface area contributed by atoms with Crippen molar-refractivity contribution in [3.8, 4) is 0 Å². The van der Waals surface area contributed by atoms with Crippen molar-refractivity contribution in [2.24, 2.45) is 0 Å². The van der Waals surface area contributed by atoms with Gasteiger partial charge in [0.1, 0.15) is 0 Å². The topological polar surface area (TPSA) is 15.7 Å². The van der Waals surface area contributed by atoms with Crippen molar-refractivity contribution < 1.29 is 13.5 Å². The number of hydrogen-bond donors (Lipinski definition) is 0. The molecule has 0 aromatic carbocycles. The molecule has 1 heterocycles. The Labute approximate surface area is 104 Å². The van der Waals surface area contributed by atoms with Gasteiger partial charge in [-0.05, 0) is 7.05 Å². The summed E-state index contributed by atoms with van der Waals surface area (Å²) in [5.74, 6) is 0. The van der Waals surface area contributed by atoms with E-state index in [-0.39, 0.29) is 12.6 Å². The number of rotatable bonds is 6. The highest BCUT2D eigenvalue weighted by Gasteiger charge is 2.21. The molecule has 96 valence electrons. The van der Waals surface area contributed by atoms with Crippen LogP contribution in [0.3, 0.4) is 0 Å². The Morgan fingerprint density at radius 1 is 1.56 bits per heavy atom. The molecule has 0 saturated carbocycles. The third kappa shape index (κ3) is 5.52. The summed E-state index contributed by atoms with van der Waals surface area (Å²) in [6.45, 7) is 3.48. The predicted octanol–water partition coefficient (Wildman–Crippen LogP) is 1.28. The molecule has 0 radical (unpaired) electrons. The molecule has 16 heavy (non-hydrogen) atoms. The average molecular weight is 301 g/mol. The largest absolute Gasteiger partial charge is 0.374 e. The van der Waals surface area contributed by atoms with Gasteiger partial charge in [0.25, 0.3) is 6.43 Å². The van der Waals surface area contributed by atoms with Gasteiger partial charge in [-0.2, -0.15) is 0 Å². The molecule has 1 unspecified atom stereocenters. The van der Waals surface area contributed by atoms with Crippen molar-refractivity contribution in [1.29, 1.82) is 0 Å². The molecule has 0 bridgehead atoms. The minimum absolute atomic E-state index is 0.0524. The summed E-state index contributed by atoms with van der Waals surface area (Å²) in [6, 6.07) is 0. The van der Waals surface area contributed by atoms with Gasteiger partial charge in [-0.1, -0.05) is 15.9 Å². The molecule has 1 aliphatic heterocycles. The Morgan fingerprint density at radius 2 is 2.31 bits per heavy atom. The van der Waals surface area contributed by atoms with Gasteiger partial charge in [0.05, 0.1) is 19.3 Å². The molecule has 1 fully saturated rings. The van der Waals surface area contributed by atoms with Crippen LogP contribution in [-0.4, -0.2) is 74.0 Å². The maximum atomic E-state index is 12.3. The molecule has 1 rings (SSSR count). The minimum atomic E-state index is -2.28. The summed E-state index contributed by atoms with van der Waals surface area (Å²) in [7, 11) is 2.03. The number of morpholine rings is 1. The van der Waals surface area contributed by atoms with Crippen molar-refractivity contribution in [2.45, 2.75) is 12.5 Å². The summed E-state index contributed by atoms with van der Waals surface area (Å²) < 4.78 is 30.2. The molecule has 0 aliphatic carbocycles. The highest BCUT2D eigenvalue weighted by atomic mass is 79.9. The molecule has 1 atom stereocenters. The van der Waals surface area contributed by atoms with Crippen LogP contribution in [0, 0.1) is 0 Å². The molecule has 0 spiro atoms. The number of likely N-dealkylation sites (N-methyl/N-ethyl adjacent to an activating group) is 1. The van der Waals surface area contributed by atoms with Crippen LogP contribution in [-0.2, 0) is 4.74 Å². The van der Waals surface area contributed by atoms with Crippen LogP contribution in [0.1, 0.15) is 0 Å². The van der Waals surface area contributed by atoms with Gasteiger partial charge < -0.3 is 9.64 Å². The van der Waals surface area contributed by atoms with E-state index in [0.29, 0.717) is 25.0 Å². The number of halogens is 3. The zero-order chi connectivity index (χ0) is 12.0. The normalized spacial score (nSPS) is 23.2. The van der Waals surface area contributed by atoms with Gasteiger partial charge >= 0.3 is 0 Å². The van der Waals surface area contributed by atoms with Crippen LogP contribution in [0.15, 0.2) is 0 Å². The van der Waals surface area contributed by atoms with Gasteiger partial charge in [-0.15, -0.1) is 0 Å². The van der Waals surface area contributed by atoms with Crippen LogP contribution in [0.2, 0.25) is 0 Å². The Morgan fingerprint density at radius 3 is 2.88 bits per heavy atom. The van der Waals surface area contributed by atoms with Gasteiger partial charge in [-0.25, -0.2) is 8.78 Å². The molecule has 3 nitrogen and oxygen atoms in total. The van der Waals surface area contributed by atoms with E-state index in [0.717, 1.165) is 13.1 Å². The summed E-state index contributed by atoms with van der Waals surface area (Å²) in [5, 5.41) is 0.711. The highest BCUT2D eigenvalue weighted by molar-refractivity contribution is 9.09. The monoisotopic (exact) mass is 300 g/mol. The van der Waals surface area contributed by atoms with Crippen LogP contribution in [0.5, 0.6) is 0 Å². The van der Waals surface area contributed by atoms with Crippen molar-refractivity contribution >= 4 is 15.9 Å². The third-order valence-corrected chi connectivity index (χ3v) is 2.96. The van der Waals surface area contributed by atoms with Crippen molar-refractivity contribution in [3.63, 3.8) is 0 Å². The first kappa shape index (κ1) is 14.3. The van der Waals surface area contributed by atoms with E-state index >= 15 is 0 Å². The molecule has 6 heteroatoms. The summed E-state index contributed by atoms with van der Waals surface area (Å²) in [6.07, 6.45) is -2.23. The zero-order valence-corrected chi connectivity index (χ0v) is 11.1. The molecule has 0 aromatic rings. The number of nitrogens with zero attached hydrogens (tertiary/aromatic N) is 2. The van der Waals surface area contributed by atoms with Crippen LogP contribution in [0.4, 0.5) is 8.78 Å². The van der Waals surface area contributed by atoms with E-state index in [1.165, 1.54) is 0 Å². The molecular formula is C10H19BrF2N2O. The zero-order valence-electron chi connectivity index (χ0n) is 9.54. The first-order valence-corrected chi connectivity index (χ1v) is 6.60. The fraction of sp³-hybridized carbons (Fsp3) is 1.00. The predicted molar refractivity (Wildman–Crippen MR) is 63.5 cm³/mol. The smallest absolute Gasteiger partial charge is 0.251 e. The second kappa shape index (κ2) is 7.53. The van der Waals surface area contributed by atoms with E-state index in [4.69, 9.17) is 4.74 Å². The standard InChI is InChI=1S/C10H19BrF2N2O/c1-14-4-5-16-9(6-14)7-15(3-2-11)8-10(12)13/h9-10H,2-8H2,1H3. The van der Waals surface area contributed by atoms with E-state index in [1.54, 1.807) is 4.90 Å². The molecule has 1 saturated heterocycles. The van der Waals surface area contributed by atoms with Gasteiger partial charge in [0, 0.05) is 31.5 Å². The maximum Gasteiger partial charge on any atom is 0.251 e. The second-order valence-corrected chi connectivity index (χ2v) is 4.89. The lowest BCUT2D eigenvalue weighted by Crippen LogP contribution is -2.47. The van der Waals surface area contributed by atoms with Crippen molar-refractivity contribution in [1.82, 2.24) is 9.80 Å². The summed E-state index contributed by atoms with van der Waals surface area (Å²) in [5.41, 5.74) is 0. The molecule has 0 aromatic heterocycles. The highest BCUT2D eigenvalue weighted by Crippen LogP contribution is 2.07. The average Bonchev–Trinajstić information content (AvgIpc) is 2.16. The van der Waals surface area contributed by atoms with Crippen LogP contribution >= 0.6 is 15.9 Å². The fourth-order valence-electron chi connectivity index (χ4n) is 1.84. The van der Waals surface area contributed by atoms with E-state index in [1.807, 2.05) is 7.05 Å². The van der Waals surface area contributed by atoms with Crippen molar-refractivity contribution in [2.75, 3.05) is 51.7 Å². The summed E-state index contributed by atoms with van der Waals surface area (Å²) in [4.78, 5) is 3.92. The Hall–Kier alpha value is 0.220. The van der Waals surface area contributed by atoms with Crippen LogP contribution < -0.4 is 0 Å². The number of alkyl halides is 3. The SMILES string of the molecule is CN1CCOC(CN(CCBr)CC(F)F)C1. The van der Waals surface area contributed by atoms with E-state index in [9.17, 15) is 8.78 Å². The first-order valence-electron chi connectivity index (χ1n) is 5.48. The Balaban J connectivity index is 2.34. The first-order chi connectivity index (χ1) is 7.61. The van der Waals surface area contributed by atoms with Gasteiger partial charge in [0.15, 0.2) is 0 Å². The summed E-state index contributed by atoms with van der Waals surface area (Å²) >= 11 is 3.28. The quantitative estimate of drug-likeness (QED) is 0.687. The maximum absolute atomic E-state index is 12.3. The molecule has 0 amide bonds. The lowest BCUT2D eigenvalue weighted by atomic mass is 10.2. The number of hydrogen-bond acceptors (Lipinski definition) is 3. The van der Waals surface area contributed by atoms with Crippen molar-refractivity contribution in [3.05, 3.63) is 0 Å². The molecule has 0 N–H and O–H groups in total. The lowest BCUT2D eigenvalue weighted by Gasteiger charge is -2.33. The van der Waals surface area contributed by atoms with E-state index < -0.39 is 6.43 Å². The lowest BCUT2D eigenvalue weighted by molar-refractivity contribution is -0.0410. The Kier molecular flexibility index (Phi) is 6.72. The van der Waals surface area contributed by atoms with Gasteiger partial charge in [-0.3, -0.25) is 4.90 Å². The Bertz CT molecular complexity index is 198. The number of ether oxygens (including phenoxy) is 1. The van der Waals surface area contributed by atoms with E-state index in [2.05, 4.69) is 20.8 Å². The third-order valence-electron chi connectivity index (χ3n) is 2.60.